The number of carbonyl (C=O) groups excluding carboxylic acids is 2. The number of amides is 2. The van der Waals surface area contributed by atoms with Gasteiger partial charge < -0.3 is 9.47 Å². The number of nitrogens with one attached hydrogen (secondary N) is 1. The zero-order valence-electron chi connectivity index (χ0n) is 15.4. The van der Waals surface area contributed by atoms with E-state index < -0.39 is 11.8 Å². The highest BCUT2D eigenvalue weighted by Crippen LogP contribution is 2.34. The van der Waals surface area contributed by atoms with Crippen LogP contribution in [0.3, 0.4) is 0 Å². The summed E-state index contributed by atoms with van der Waals surface area (Å²) in [5, 5.41) is 2.61. The number of halogens is 1. The Morgan fingerprint density at radius 2 is 1.71 bits per heavy atom. The van der Waals surface area contributed by atoms with E-state index in [9.17, 15) is 9.59 Å². The Morgan fingerprint density at radius 1 is 1.07 bits per heavy atom. The molecule has 1 heterocycles. The van der Waals surface area contributed by atoms with Crippen LogP contribution in [0.1, 0.15) is 11.1 Å². The van der Waals surface area contributed by atoms with Crippen molar-refractivity contribution in [1.82, 2.24) is 5.32 Å². The minimum Gasteiger partial charge on any atom is -0.496 e. The molecule has 1 aliphatic heterocycles. The monoisotopic (exact) mass is 460 g/mol. The number of hydrogen-bond donors (Lipinski definition) is 1. The van der Waals surface area contributed by atoms with E-state index in [2.05, 4.69) is 21.2 Å². The molecule has 8 heteroatoms. The Bertz CT molecular complexity index is 1000. The first-order chi connectivity index (χ1) is 13.3. The molecule has 28 heavy (non-hydrogen) atoms. The van der Waals surface area contributed by atoms with Gasteiger partial charge in [-0.2, -0.15) is 0 Å². The minimum absolute atomic E-state index is 0.0406. The van der Waals surface area contributed by atoms with Crippen LogP contribution in [-0.2, 0) is 9.59 Å². The number of anilines is 1. The zero-order valence-corrected chi connectivity index (χ0v) is 17.8. The number of nitrogens with zero attached hydrogens (tertiary/aromatic N) is 1. The summed E-state index contributed by atoms with van der Waals surface area (Å²) >= 11 is 8.62. The molecule has 0 spiro atoms. The van der Waals surface area contributed by atoms with E-state index in [1.807, 2.05) is 19.1 Å². The summed E-state index contributed by atoms with van der Waals surface area (Å²) in [4.78, 5) is 26.8. The average molecular weight is 461 g/mol. The molecule has 1 saturated heterocycles. The lowest BCUT2D eigenvalue weighted by Gasteiger charge is -2.29. The van der Waals surface area contributed by atoms with Crippen molar-refractivity contribution >= 4 is 56.8 Å². The van der Waals surface area contributed by atoms with Gasteiger partial charge in [0.1, 0.15) is 17.1 Å². The molecule has 2 aromatic carbocycles. The molecule has 1 N–H and O–H groups in total. The molecule has 0 atom stereocenters. The van der Waals surface area contributed by atoms with Gasteiger partial charge in [0.25, 0.3) is 11.8 Å². The van der Waals surface area contributed by atoms with Gasteiger partial charge in [-0.25, -0.2) is 0 Å². The number of carbonyl (C=O) groups is 2. The van der Waals surface area contributed by atoms with Crippen LogP contribution >= 0.6 is 28.1 Å². The SMILES string of the molecule is COc1cc(OC)c(C=C2C(=O)NC(=S)N(c3ccc(C)cc3)C2=O)cc1Br. The van der Waals surface area contributed by atoms with Crippen LogP contribution in [0.5, 0.6) is 11.5 Å². The van der Waals surface area contributed by atoms with Crippen LogP contribution in [0.25, 0.3) is 6.08 Å². The fourth-order valence-electron chi connectivity index (χ4n) is 2.74. The lowest BCUT2D eigenvalue weighted by Crippen LogP contribution is -2.54. The number of methoxy groups -OCH3 is 2. The smallest absolute Gasteiger partial charge is 0.270 e. The number of hydrogen-bond acceptors (Lipinski definition) is 5. The van der Waals surface area contributed by atoms with E-state index in [0.29, 0.717) is 27.2 Å². The van der Waals surface area contributed by atoms with Gasteiger partial charge in [0.15, 0.2) is 5.11 Å². The Hall–Kier alpha value is -2.71. The summed E-state index contributed by atoms with van der Waals surface area (Å²) in [6.45, 7) is 1.95. The maximum atomic E-state index is 13.1. The van der Waals surface area contributed by atoms with Crippen LogP contribution in [0.4, 0.5) is 5.69 Å². The van der Waals surface area contributed by atoms with Crippen LogP contribution in [0.15, 0.2) is 46.4 Å². The first kappa shape index (κ1) is 20.0. The lowest BCUT2D eigenvalue weighted by atomic mass is 10.1. The molecule has 144 valence electrons. The second kappa shape index (κ2) is 8.12. The molecule has 0 saturated carbocycles. The highest BCUT2D eigenvalue weighted by atomic mass is 79.9. The largest absolute Gasteiger partial charge is 0.496 e. The summed E-state index contributed by atoms with van der Waals surface area (Å²) < 4.78 is 11.3. The van der Waals surface area contributed by atoms with Crippen molar-refractivity contribution in [3.8, 4) is 11.5 Å². The lowest BCUT2D eigenvalue weighted by molar-refractivity contribution is -0.122. The molecule has 6 nitrogen and oxygen atoms in total. The molecule has 0 bridgehead atoms. The molecule has 1 fully saturated rings. The second-order valence-electron chi connectivity index (χ2n) is 6.02. The molecular weight excluding hydrogens is 444 g/mol. The van der Waals surface area contributed by atoms with Crippen LogP contribution in [-0.4, -0.2) is 31.1 Å². The maximum absolute atomic E-state index is 13.1. The van der Waals surface area contributed by atoms with Gasteiger partial charge in [0.2, 0.25) is 0 Å². The topological polar surface area (TPSA) is 67.9 Å². The van der Waals surface area contributed by atoms with Crippen LogP contribution < -0.4 is 19.7 Å². The Kier molecular flexibility index (Phi) is 5.81. The van der Waals surface area contributed by atoms with Crippen molar-refractivity contribution in [2.75, 3.05) is 19.1 Å². The first-order valence-electron chi connectivity index (χ1n) is 8.25. The van der Waals surface area contributed by atoms with Crippen molar-refractivity contribution in [3.63, 3.8) is 0 Å². The fraction of sp³-hybridized carbons (Fsp3) is 0.150. The van der Waals surface area contributed by atoms with Crippen LogP contribution in [0.2, 0.25) is 0 Å². The maximum Gasteiger partial charge on any atom is 0.270 e. The third kappa shape index (κ3) is 3.79. The molecule has 3 rings (SSSR count). The van der Waals surface area contributed by atoms with Gasteiger partial charge in [-0.1, -0.05) is 17.7 Å². The van der Waals surface area contributed by atoms with Crippen molar-refractivity contribution in [2.24, 2.45) is 0 Å². The molecule has 2 aromatic rings. The highest BCUT2D eigenvalue weighted by Gasteiger charge is 2.34. The predicted octanol–water partition coefficient (Wildman–Crippen LogP) is 3.61. The third-order valence-corrected chi connectivity index (χ3v) is 5.10. The number of aryl methyl sites for hydroxylation is 1. The normalized spacial score (nSPS) is 15.6. The van der Waals surface area contributed by atoms with Crippen molar-refractivity contribution in [1.29, 1.82) is 0 Å². The van der Waals surface area contributed by atoms with E-state index in [1.54, 1.807) is 24.3 Å². The van der Waals surface area contributed by atoms with Gasteiger partial charge in [0.05, 0.1) is 24.4 Å². The molecule has 0 aliphatic carbocycles. The van der Waals surface area contributed by atoms with E-state index >= 15 is 0 Å². The Morgan fingerprint density at radius 3 is 2.32 bits per heavy atom. The number of thiocarbonyl (C=S) groups is 1. The standard InChI is InChI=1S/C20H17BrN2O4S/c1-11-4-6-13(7-5-11)23-19(25)14(18(24)22-20(23)28)8-12-9-15(21)17(27-3)10-16(12)26-2/h4-10H,1-3H3,(H,22,24,28). The average Bonchev–Trinajstić information content (AvgIpc) is 2.66. The van der Waals surface area contributed by atoms with Crippen LogP contribution in [0, 0.1) is 6.92 Å². The third-order valence-electron chi connectivity index (χ3n) is 4.20. The Labute approximate surface area is 176 Å². The van der Waals surface area contributed by atoms with Crippen molar-refractivity contribution < 1.29 is 19.1 Å². The van der Waals surface area contributed by atoms with Gasteiger partial charge in [-0.15, -0.1) is 0 Å². The molecule has 0 aromatic heterocycles. The number of ether oxygens (including phenoxy) is 2. The van der Waals surface area contributed by atoms with E-state index in [4.69, 9.17) is 21.7 Å². The zero-order chi connectivity index (χ0) is 20.4. The quantitative estimate of drug-likeness (QED) is 0.428. The molecule has 2 amide bonds. The van der Waals surface area contributed by atoms with E-state index in [1.165, 1.54) is 25.2 Å². The molecular formula is C20H17BrN2O4S. The van der Waals surface area contributed by atoms with Crippen molar-refractivity contribution in [2.45, 2.75) is 6.92 Å². The molecule has 1 aliphatic rings. The highest BCUT2D eigenvalue weighted by molar-refractivity contribution is 9.10. The summed E-state index contributed by atoms with van der Waals surface area (Å²) in [7, 11) is 3.04. The summed E-state index contributed by atoms with van der Waals surface area (Å²) in [5.41, 5.74) is 2.12. The predicted molar refractivity (Wildman–Crippen MR) is 115 cm³/mol. The summed E-state index contributed by atoms with van der Waals surface area (Å²) in [6, 6.07) is 10.7. The van der Waals surface area contributed by atoms with Gasteiger partial charge in [-0.3, -0.25) is 19.8 Å². The molecule has 0 unspecified atom stereocenters. The number of rotatable bonds is 4. The summed E-state index contributed by atoms with van der Waals surface area (Å²) in [6.07, 6.45) is 1.48. The summed E-state index contributed by atoms with van der Waals surface area (Å²) in [5.74, 6) is -0.0389. The van der Waals surface area contributed by atoms with Gasteiger partial charge >= 0.3 is 0 Å². The second-order valence-corrected chi connectivity index (χ2v) is 7.26. The van der Waals surface area contributed by atoms with Crippen molar-refractivity contribution in [3.05, 3.63) is 57.6 Å². The Balaban J connectivity index is 2.07. The number of benzene rings is 2. The van der Waals surface area contributed by atoms with Gasteiger partial charge in [0, 0.05) is 11.6 Å². The minimum atomic E-state index is -0.563. The fourth-order valence-corrected chi connectivity index (χ4v) is 3.54. The first-order valence-corrected chi connectivity index (χ1v) is 9.45. The van der Waals surface area contributed by atoms with E-state index in [0.717, 1.165) is 5.56 Å². The van der Waals surface area contributed by atoms with Gasteiger partial charge in [-0.05, 0) is 59.3 Å². The molecule has 0 radical (unpaired) electrons. The van der Waals surface area contributed by atoms with E-state index in [-0.39, 0.29) is 10.7 Å².